The van der Waals surface area contributed by atoms with Crippen molar-refractivity contribution in [1.29, 1.82) is 5.26 Å². The van der Waals surface area contributed by atoms with Crippen LogP contribution in [0.25, 0.3) is 11.0 Å². The van der Waals surface area contributed by atoms with Crippen LogP contribution in [-0.2, 0) is 4.74 Å². The smallest absolute Gasteiger partial charge is 0.410 e. The van der Waals surface area contributed by atoms with Crippen LogP contribution in [0.5, 0.6) is 0 Å². The van der Waals surface area contributed by atoms with E-state index in [0.717, 1.165) is 25.3 Å². The number of amides is 1. The number of nitrogens with one attached hydrogen (secondary N) is 2. The van der Waals surface area contributed by atoms with E-state index in [1.165, 1.54) is 24.8 Å². The van der Waals surface area contributed by atoms with Crippen molar-refractivity contribution in [2.24, 2.45) is 5.92 Å². The van der Waals surface area contributed by atoms with Gasteiger partial charge in [-0.2, -0.15) is 5.26 Å². The van der Waals surface area contributed by atoms with Gasteiger partial charge in [0.1, 0.15) is 35.1 Å². The predicted octanol–water partition coefficient (Wildman–Crippen LogP) is 4.37. The Labute approximate surface area is 207 Å². The van der Waals surface area contributed by atoms with Crippen LogP contribution in [0.3, 0.4) is 0 Å². The summed E-state index contributed by atoms with van der Waals surface area (Å²) in [6.45, 7) is 6.25. The maximum absolute atomic E-state index is 14.4. The molecular weight excluding hydrogens is 463 g/mol. The number of nitrogens with zero attached hydrogens (tertiary/aromatic N) is 6. The van der Waals surface area contributed by atoms with Gasteiger partial charge >= 0.3 is 6.09 Å². The number of hydrogen-bond donors (Lipinski definition) is 2. The minimum Gasteiger partial charge on any atom is -0.444 e. The number of nitriles is 1. The standard InChI is InChI=1S/C25H27FN8O2/c1-25(2,3)36-24(35)34-11-15-5-6-16(34)9-19(15)33-23-21-20(28-13-31-23)22(30-12-29-21)32-18-7-4-14(10-27)8-17(18)26/h4,7-8,12-13,15-16,19H,5-6,9,11H2,1-3H3,(H,28,31,33)(H,29,30,32)/t15-,16-,19-/m0/s1. The monoisotopic (exact) mass is 490 g/mol. The Morgan fingerprint density at radius 3 is 2.50 bits per heavy atom. The third-order valence-corrected chi connectivity index (χ3v) is 6.56. The number of carbonyl (C=O) groups is 1. The van der Waals surface area contributed by atoms with E-state index in [-0.39, 0.29) is 35.3 Å². The zero-order chi connectivity index (χ0) is 25.4. The molecule has 11 heteroatoms. The molecule has 3 aliphatic rings. The maximum atomic E-state index is 14.4. The third kappa shape index (κ3) is 4.71. The molecule has 186 valence electrons. The SMILES string of the molecule is CC(C)(C)OC(=O)N1C[C@@H]2CC[C@H]1C[C@@H]2Nc1ncnc2c(Nc3ccc(C#N)cc3F)ncnc12. The Kier molecular flexibility index (Phi) is 6.04. The van der Waals surface area contributed by atoms with Gasteiger partial charge in [-0.05, 0) is 64.2 Å². The van der Waals surface area contributed by atoms with Gasteiger partial charge in [0.05, 0.1) is 17.3 Å². The summed E-state index contributed by atoms with van der Waals surface area (Å²) in [5, 5.41) is 15.4. The number of piperidine rings is 2. The molecule has 2 N–H and O–H groups in total. The van der Waals surface area contributed by atoms with E-state index in [1.807, 2.05) is 31.7 Å². The average Bonchev–Trinajstić information content (AvgIpc) is 2.85. The van der Waals surface area contributed by atoms with Gasteiger partial charge in [0.2, 0.25) is 0 Å². The number of benzene rings is 1. The zero-order valence-electron chi connectivity index (χ0n) is 20.3. The second-order valence-corrected chi connectivity index (χ2v) is 10.2. The van der Waals surface area contributed by atoms with Crippen LogP contribution in [0.15, 0.2) is 30.9 Å². The van der Waals surface area contributed by atoms with Crippen molar-refractivity contribution < 1.29 is 13.9 Å². The molecule has 0 unspecified atom stereocenters. The predicted molar refractivity (Wildman–Crippen MR) is 131 cm³/mol. The Morgan fingerprint density at radius 1 is 1.14 bits per heavy atom. The summed E-state index contributed by atoms with van der Waals surface area (Å²) in [7, 11) is 0. The Hall–Kier alpha value is -4.07. The van der Waals surface area contributed by atoms with Gasteiger partial charge < -0.3 is 20.3 Å². The summed E-state index contributed by atoms with van der Waals surface area (Å²) in [6.07, 6.45) is 5.26. The highest BCUT2D eigenvalue weighted by Crippen LogP contribution is 2.38. The van der Waals surface area contributed by atoms with Crippen LogP contribution < -0.4 is 10.6 Å². The highest BCUT2D eigenvalue weighted by atomic mass is 19.1. The van der Waals surface area contributed by atoms with Crippen molar-refractivity contribution in [2.45, 2.75) is 57.7 Å². The molecule has 1 saturated carbocycles. The molecule has 4 heterocycles. The lowest BCUT2D eigenvalue weighted by Crippen LogP contribution is -2.58. The molecule has 2 aromatic heterocycles. The van der Waals surface area contributed by atoms with Crippen molar-refractivity contribution in [3.05, 3.63) is 42.2 Å². The van der Waals surface area contributed by atoms with E-state index >= 15 is 0 Å². The van der Waals surface area contributed by atoms with Crippen molar-refractivity contribution in [2.75, 3.05) is 17.2 Å². The summed E-state index contributed by atoms with van der Waals surface area (Å²) in [6, 6.07) is 6.29. The molecular formula is C25H27FN8O2. The molecule has 6 rings (SSSR count). The molecule has 3 aromatic rings. The topological polar surface area (TPSA) is 129 Å². The molecule has 2 bridgehead atoms. The number of rotatable bonds is 4. The number of halogens is 1. The fraction of sp³-hybridized carbons (Fsp3) is 0.440. The first-order valence-electron chi connectivity index (χ1n) is 11.9. The first-order chi connectivity index (χ1) is 17.2. The maximum Gasteiger partial charge on any atom is 0.410 e. The number of carbonyl (C=O) groups excluding carboxylic acids is 1. The van der Waals surface area contributed by atoms with Crippen molar-refractivity contribution >= 4 is 34.4 Å². The van der Waals surface area contributed by atoms with Gasteiger partial charge in [-0.3, -0.25) is 0 Å². The summed E-state index contributed by atoms with van der Waals surface area (Å²) in [5.41, 5.74) is 0.821. The van der Waals surface area contributed by atoms with Gasteiger partial charge in [-0.1, -0.05) is 0 Å². The van der Waals surface area contributed by atoms with Crippen molar-refractivity contribution in [3.63, 3.8) is 0 Å². The lowest BCUT2D eigenvalue weighted by atomic mass is 9.76. The summed E-state index contributed by atoms with van der Waals surface area (Å²) in [5.74, 6) is 0.572. The van der Waals surface area contributed by atoms with E-state index in [1.54, 1.807) is 0 Å². The van der Waals surface area contributed by atoms with Crippen LogP contribution in [-0.4, -0.2) is 55.2 Å². The molecule has 1 aliphatic carbocycles. The second kappa shape index (κ2) is 9.18. The van der Waals surface area contributed by atoms with E-state index in [4.69, 9.17) is 10.00 Å². The molecule has 1 aromatic carbocycles. The van der Waals surface area contributed by atoms with E-state index in [0.29, 0.717) is 29.2 Å². The minimum atomic E-state index is -0.569. The van der Waals surface area contributed by atoms with E-state index in [9.17, 15) is 9.18 Å². The lowest BCUT2D eigenvalue weighted by Gasteiger charge is -2.49. The first-order valence-corrected chi connectivity index (χ1v) is 11.9. The van der Waals surface area contributed by atoms with Crippen LogP contribution in [0.1, 0.15) is 45.6 Å². The Balaban J connectivity index is 1.35. The van der Waals surface area contributed by atoms with Gasteiger partial charge in [0, 0.05) is 18.6 Å². The normalized spacial score (nSPS) is 21.2. The summed E-state index contributed by atoms with van der Waals surface area (Å²) in [4.78, 5) is 31.9. The molecule has 10 nitrogen and oxygen atoms in total. The number of hydrogen-bond acceptors (Lipinski definition) is 9. The molecule has 2 saturated heterocycles. The Morgan fingerprint density at radius 2 is 1.86 bits per heavy atom. The second-order valence-electron chi connectivity index (χ2n) is 10.2. The summed E-state index contributed by atoms with van der Waals surface area (Å²) < 4.78 is 20.0. The van der Waals surface area contributed by atoms with Crippen LogP contribution >= 0.6 is 0 Å². The van der Waals surface area contributed by atoms with Crippen LogP contribution in [0.4, 0.5) is 26.5 Å². The number of ether oxygens (including phenoxy) is 1. The average molecular weight is 491 g/mol. The highest BCUT2D eigenvalue weighted by Gasteiger charge is 2.44. The van der Waals surface area contributed by atoms with Gasteiger partial charge in [0.15, 0.2) is 11.6 Å². The molecule has 2 aliphatic heterocycles. The number of aromatic nitrogens is 4. The quantitative estimate of drug-likeness (QED) is 0.547. The molecule has 36 heavy (non-hydrogen) atoms. The van der Waals surface area contributed by atoms with Crippen LogP contribution in [0.2, 0.25) is 0 Å². The fourth-order valence-electron chi connectivity index (χ4n) is 4.90. The lowest BCUT2D eigenvalue weighted by molar-refractivity contribution is -0.0151. The summed E-state index contributed by atoms with van der Waals surface area (Å²) >= 11 is 0. The molecule has 3 fully saturated rings. The van der Waals surface area contributed by atoms with E-state index in [2.05, 4.69) is 30.6 Å². The molecule has 0 spiro atoms. The first kappa shape index (κ1) is 23.7. The molecule has 1 amide bonds. The minimum absolute atomic E-state index is 0.0988. The third-order valence-electron chi connectivity index (χ3n) is 6.56. The van der Waals surface area contributed by atoms with Gasteiger partial charge in [-0.15, -0.1) is 0 Å². The zero-order valence-corrected chi connectivity index (χ0v) is 20.3. The van der Waals surface area contributed by atoms with Crippen molar-refractivity contribution in [1.82, 2.24) is 24.8 Å². The Bertz CT molecular complexity index is 1350. The fourth-order valence-corrected chi connectivity index (χ4v) is 4.90. The molecule has 3 atom stereocenters. The van der Waals surface area contributed by atoms with E-state index < -0.39 is 11.4 Å². The number of fused-ring (bicyclic) bond motifs is 4. The molecule has 0 radical (unpaired) electrons. The van der Waals surface area contributed by atoms with Gasteiger partial charge in [0.25, 0.3) is 0 Å². The van der Waals surface area contributed by atoms with Gasteiger partial charge in [-0.25, -0.2) is 29.1 Å². The highest BCUT2D eigenvalue weighted by molar-refractivity contribution is 5.93. The van der Waals surface area contributed by atoms with Crippen LogP contribution in [0, 0.1) is 23.1 Å². The largest absolute Gasteiger partial charge is 0.444 e. The van der Waals surface area contributed by atoms with Crippen molar-refractivity contribution in [3.8, 4) is 6.07 Å². The number of anilines is 3.